The number of para-hydroxylation sites is 2. The average Bonchev–Trinajstić information content (AvgIpc) is 3.40. The lowest BCUT2D eigenvalue weighted by Gasteiger charge is -2.07. The topological polar surface area (TPSA) is 146 Å². The summed E-state index contributed by atoms with van der Waals surface area (Å²) in [6.45, 7) is 2.99. The van der Waals surface area contributed by atoms with E-state index in [0.717, 1.165) is 22.2 Å². The largest absolute Gasteiger partial charge is 0.494 e. The molecule has 0 bridgehead atoms. The fourth-order valence-corrected chi connectivity index (χ4v) is 3.60. The minimum absolute atomic E-state index is 0.0369. The summed E-state index contributed by atoms with van der Waals surface area (Å²) >= 11 is 0. The molecule has 0 saturated heterocycles. The molecule has 35 heavy (non-hydrogen) atoms. The molecule has 182 valence electrons. The van der Waals surface area contributed by atoms with E-state index in [1.807, 2.05) is 48.5 Å². The van der Waals surface area contributed by atoms with E-state index in [1.54, 1.807) is 0 Å². The third-order valence-electron chi connectivity index (χ3n) is 5.16. The van der Waals surface area contributed by atoms with E-state index in [-0.39, 0.29) is 12.5 Å². The first-order chi connectivity index (χ1) is 17.3. The Morgan fingerprint density at radius 3 is 2.37 bits per heavy atom. The lowest BCUT2D eigenvalue weighted by Crippen LogP contribution is -2.15. The minimum Gasteiger partial charge on any atom is -0.494 e. The van der Waals surface area contributed by atoms with Gasteiger partial charge >= 0.3 is 0 Å². The van der Waals surface area contributed by atoms with E-state index in [2.05, 4.69) is 20.2 Å². The number of aromatic amines is 1. The van der Waals surface area contributed by atoms with Crippen LogP contribution in [0.5, 0.6) is 5.88 Å². The van der Waals surface area contributed by atoms with Crippen LogP contribution in [-0.2, 0) is 19.0 Å². The molecule has 3 aromatic rings. The molecule has 4 rings (SSSR count). The van der Waals surface area contributed by atoms with Crippen molar-refractivity contribution in [2.75, 3.05) is 52.8 Å². The summed E-state index contributed by atoms with van der Waals surface area (Å²) < 4.78 is 16.2. The van der Waals surface area contributed by atoms with E-state index >= 15 is 0 Å². The summed E-state index contributed by atoms with van der Waals surface area (Å²) in [5.41, 5.74) is 12.3. The van der Waals surface area contributed by atoms with Crippen molar-refractivity contribution in [1.29, 1.82) is 0 Å². The second-order valence-electron chi connectivity index (χ2n) is 7.44. The Morgan fingerprint density at radius 2 is 1.57 bits per heavy atom. The van der Waals surface area contributed by atoms with Crippen molar-refractivity contribution in [2.24, 2.45) is 15.3 Å². The van der Waals surface area contributed by atoms with Gasteiger partial charge in [0.2, 0.25) is 0 Å². The SMILES string of the molecule is [N-]=[N+]=NCCOCCOCCOCCO/N=C1/C(c2c(O)[nH]c3ccccc23)=Nc2ccccc21. The molecule has 2 N–H and O–H groups in total. The number of fused-ring (bicyclic) bond motifs is 2. The number of benzene rings is 2. The highest BCUT2D eigenvalue weighted by Gasteiger charge is 2.29. The third kappa shape index (κ3) is 6.17. The lowest BCUT2D eigenvalue weighted by atomic mass is 10.0. The highest BCUT2D eigenvalue weighted by molar-refractivity contribution is 6.58. The Bertz CT molecular complexity index is 1250. The summed E-state index contributed by atoms with van der Waals surface area (Å²) in [7, 11) is 0. The molecule has 0 saturated carbocycles. The molecule has 0 radical (unpaired) electrons. The predicted octanol–water partition coefficient (Wildman–Crippen LogP) is 4.09. The molecular weight excluding hydrogens is 452 g/mol. The van der Waals surface area contributed by atoms with Crippen LogP contribution >= 0.6 is 0 Å². The standard InChI is InChI=1S/C24H26N6O5/c25-30-26-9-10-32-11-12-33-13-14-34-15-16-35-29-22-18-6-2-4-8-20(18)27-23(22)21-17-5-1-3-7-19(17)28-24(21)31/h1-8,28,31H,9-16H2/b29-22+. The highest BCUT2D eigenvalue weighted by atomic mass is 16.6. The summed E-state index contributed by atoms with van der Waals surface area (Å²) in [6, 6.07) is 15.3. The van der Waals surface area contributed by atoms with Gasteiger partial charge in [-0.05, 0) is 17.7 Å². The van der Waals surface area contributed by atoms with Crippen LogP contribution in [0.15, 0.2) is 63.8 Å². The number of aromatic nitrogens is 1. The first-order valence-corrected chi connectivity index (χ1v) is 11.2. The Kier molecular flexibility index (Phi) is 8.68. The number of nitrogens with one attached hydrogen (secondary N) is 1. The fourth-order valence-electron chi connectivity index (χ4n) is 3.60. The first-order valence-electron chi connectivity index (χ1n) is 11.2. The molecule has 0 atom stereocenters. The van der Waals surface area contributed by atoms with Gasteiger partial charge in [-0.3, -0.25) is 0 Å². The summed E-state index contributed by atoms with van der Waals surface area (Å²) in [4.78, 5) is 15.9. The number of rotatable bonds is 14. The zero-order chi connectivity index (χ0) is 24.3. The number of hydrogen-bond donors (Lipinski definition) is 2. The zero-order valence-electron chi connectivity index (χ0n) is 19.1. The molecule has 0 aliphatic carbocycles. The Hall–Kier alpha value is -3.89. The van der Waals surface area contributed by atoms with Crippen LogP contribution in [0.3, 0.4) is 0 Å². The maximum Gasteiger partial charge on any atom is 0.199 e. The fraction of sp³-hybridized carbons (Fsp3) is 0.333. The van der Waals surface area contributed by atoms with Crippen LogP contribution in [0.25, 0.3) is 21.3 Å². The molecule has 2 aromatic carbocycles. The van der Waals surface area contributed by atoms with Gasteiger partial charge in [0, 0.05) is 27.9 Å². The molecule has 1 aromatic heterocycles. The van der Waals surface area contributed by atoms with Crippen LogP contribution < -0.4 is 0 Å². The zero-order valence-corrected chi connectivity index (χ0v) is 19.1. The molecule has 0 fully saturated rings. The Balaban J connectivity index is 1.26. The van der Waals surface area contributed by atoms with Crippen LogP contribution in [0.1, 0.15) is 11.1 Å². The van der Waals surface area contributed by atoms with Crippen LogP contribution in [0, 0.1) is 0 Å². The number of ether oxygens (including phenoxy) is 3. The van der Waals surface area contributed by atoms with Crippen LogP contribution in [-0.4, -0.2) is 74.3 Å². The number of aromatic hydroxyl groups is 1. The molecular formula is C24H26N6O5. The van der Waals surface area contributed by atoms with E-state index in [9.17, 15) is 5.11 Å². The van der Waals surface area contributed by atoms with E-state index in [4.69, 9.17) is 29.6 Å². The molecule has 1 aliphatic rings. The number of aliphatic imine (C=N–C) groups is 1. The van der Waals surface area contributed by atoms with Crippen molar-refractivity contribution in [3.05, 3.63) is 70.1 Å². The highest BCUT2D eigenvalue weighted by Crippen LogP contribution is 2.35. The molecule has 11 heteroatoms. The van der Waals surface area contributed by atoms with Gasteiger partial charge in [0.25, 0.3) is 0 Å². The monoisotopic (exact) mass is 478 g/mol. The van der Waals surface area contributed by atoms with Gasteiger partial charge in [0.15, 0.2) is 5.88 Å². The predicted molar refractivity (Wildman–Crippen MR) is 132 cm³/mol. The van der Waals surface area contributed by atoms with Gasteiger partial charge in [0.1, 0.15) is 18.0 Å². The summed E-state index contributed by atoms with van der Waals surface area (Å²) in [6.07, 6.45) is 0. The molecule has 0 unspecified atom stereocenters. The Morgan fingerprint density at radius 1 is 0.886 bits per heavy atom. The normalized spacial score (nSPS) is 13.6. The maximum atomic E-state index is 10.6. The average molecular weight is 479 g/mol. The summed E-state index contributed by atoms with van der Waals surface area (Å²) in [5.74, 6) is 0.0369. The van der Waals surface area contributed by atoms with Crippen molar-refractivity contribution in [3.8, 4) is 5.88 Å². The minimum atomic E-state index is 0.0369. The molecule has 1 aliphatic heterocycles. The quantitative estimate of drug-likeness (QED) is 0.118. The number of nitrogens with zero attached hydrogens (tertiary/aromatic N) is 5. The van der Waals surface area contributed by atoms with Gasteiger partial charge in [-0.25, -0.2) is 4.99 Å². The number of azide groups is 1. The van der Waals surface area contributed by atoms with E-state index in [0.29, 0.717) is 63.2 Å². The van der Waals surface area contributed by atoms with Gasteiger partial charge < -0.3 is 29.1 Å². The van der Waals surface area contributed by atoms with Crippen molar-refractivity contribution >= 4 is 28.0 Å². The Labute approximate surface area is 201 Å². The first kappa shape index (κ1) is 24.2. The summed E-state index contributed by atoms with van der Waals surface area (Å²) in [5, 5.41) is 19.2. The van der Waals surface area contributed by atoms with E-state index < -0.39 is 0 Å². The molecule has 0 amide bonds. The second kappa shape index (κ2) is 12.5. The van der Waals surface area contributed by atoms with Crippen LogP contribution in [0.4, 0.5) is 5.69 Å². The lowest BCUT2D eigenvalue weighted by molar-refractivity contribution is -0.000225. The second-order valence-corrected chi connectivity index (χ2v) is 7.44. The van der Waals surface area contributed by atoms with Gasteiger partial charge in [-0.2, -0.15) is 0 Å². The number of hydrogen-bond acceptors (Lipinski definition) is 8. The van der Waals surface area contributed by atoms with Crippen molar-refractivity contribution in [3.63, 3.8) is 0 Å². The smallest absolute Gasteiger partial charge is 0.199 e. The van der Waals surface area contributed by atoms with E-state index in [1.165, 1.54) is 0 Å². The molecule has 0 spiro atoms. The maximum absolute atomic E-state index is 10.6. The number of H-pyrrole nitrogens is 1. The third-order valence-corrected chi connectivity index (χ3v) is 5.16. The molecule has 2 heterocycles. The molecule has 11 nitrogen and oxygen atoms in total. The van der Waals surface area contributed by atoms with Crippen molar-refractivity contribution in [2.45, 2.75) is 0 Å². The number of oxime groups is 1. The van der Waals surface area contributed by atoms with Crippen molar-refractivity contribution < 1.29 is 24.2 Å². The van der Waals surface area contributed by atoms with Crippen LogP contribution in [0.2, 0.25) is 0 Å². The van der Waals surface area contributed by atoms with Crippen molar-refractivity contribution in [1.82, 2.24) is 4.98 Å². The van der Waals surface area contributed by atoms with Gasteiger partial charge in [-0.1, -0.05) is 46.7 Å². The van der Waals surface area contributed by atoms with Gasteiger partial charge in [0.05, 0.1) is 50.9 Å². The van der Waals surface area contributed by atoms with Gasteiger partial charge in [-0.15, -0.1) is 0 Å².